The Morgan fingerprint density at radius 3 is 2.76 bits per heavy atom. The fraction of sp³-hybridized carbons (Fsp3) is 0.333. The van der Waals surface area contributed by atoms with Crippen LogP contribution in [0, 0.1) is 0 Å². The predicted octanol–water partition coefficient (Wildman–Crippen LogP) is 0.925. The number of carbonyl (C=O) groups excluding carboxylic acids is 1. The fourth-order valence-corrected chi connectivity index (χ4v) is 1.64. The van der Waals surface area contributed by atoms with Crippen molar-refractivity contribution in [2.24, 2.45) is 10.9 Å². The summed E-state index contributed by atoms with van der Waals surface area (Å²) in [7, 11) is 1.36. The number of carbonyl (C=O) groups is 1. The van der Waals surface area contributed by atoms with Gasteiger partial charge in [0.15, 0.2) is 0 Å². The van der Waals surface area contributed by atoms with Crippen LogP contribution in [0.2, 0.25) is 0 Å². The summed E-state index contributed by atoms with van der Waals surface area (Å²) >= 11 is 0. The number of hydrogen-bond acceptors (Lipinski definition) is 5. The highest BCUT2D eigenvalue weighted by Gasteiger charge is 2.20. The van der Waals surface area contributed by atoms with Crippen LogP contribution in [0.3, 0.4) is 0 Å². The number of nitrogens with two attached hydrogens (primary N) is 1. The lowest BCUT2D eigenvalue weighted by molar-refractivity contribution is 0.0600. The van der Waals surface area contributed by atoms with E-state index in [0.717, 1.165) is 11.3 Å². The van der Waals surface area contributed by atoms with Crippen molar-refractivity contribution in [3.63, 3.8) is 0 Å². The molecule has 0 aromatic heterocycles. The molecule has 1 unspecified atom stereocenters. The molecule has 1 heterocycles. The van der Waals surface area contributed by atoms with Gasteiger partial charge in [-0.2, -0.15) is 0 Å². The SMILES string of the molecule is COC(=O)c1ccc(C2=NOC(CN)C2)cc1. The summed E-state index contributed by atoms with van der Waals surface area (Å²) in [5.74, 6) is -0.346. The largest absolute Gasteiger partial charge is 0.465 e. The zero-order chi connectivity index (χ0) is 12.3. The molecule has 0 saturated heterocycles. The van der Waals surface area contributed by atoms with Gasteiger partial charge in [-0.05, 0) is 17.7 Å². The molecule has 0 amide bonds. The van der Waals surface area contributed by atoms with Gasteiger partial charge in [0.25, 0.3) is 0 Å². The lowest BCUT2D eigenvalue weighted by atomic mass is 10.0. The van der Waals surface area contributed by atoms with E-state index in [0.29, 0.717) is 18.5 Å². The summed E-state index contributed by atoms with van der Waals surface area (Å²) in [4.78, 5) is 16.4. The van der Waals surface area contributed by atoms with Gasteiger partial charge < -0.3 is 15.3 Å². The van der Waals surface area contributed by atoms with Crippen LogP contribution in [0.5, 0.6) is 0 Å². The van der Waals surface area contributed by atoms with E-state index < -0.39 is 0 Å². The van der Waals surface area contributed by atoms with Crippen LogP contribution in [0.15, 0.2) is 29.4 Å². The third-order valence-electron chi connectivity index (χ3n) is 2.64. The highest BCUT2D eigenvalue weighted by Crippen LogP contribution is 2.16. The summed E-state index contributed by atoms with van der Waals surface area (Å²) < 4.78 is 4.63. The van der Waals surface area contributed by atoms with Gasteiger partial charge in [0.2, 0.25) is 0 Å². The Morgan fingerprint density at radius 1 is 1.53 bits per heavy atom. The van der Waals surface area contributed by atoms with Crippen LogP contribution in [0.1, 0.15) is 22.3 Å². The van der Waals surface area contributed by atoms with Crippen molar-refractivity contribution >= 4 is 11.7 Å². The topological polar surface area (TPSA) is 73.9 Å². The van der Waals surface area contributed by atoms with E-state index in [9.17, 15) is 4.79 Å². The second-order valence-corrected chi connectivity index (χ2v) is 3.77. The molecular formula is C12H14N2O3. The highest BCUT2D eigenvalue weighted by molar-refractivity contribution is 6.02. The molecular weight excluding hydrogens is 220 g/mol. The minimum atomic E-state index is -0.346. The van der Waals surface area contributed by atoms with Gasteiger partial charge in [-0.15, -0.1) is 0 Å². The molecule has 1 aliphatic heterocycles. The third-order valence-corrected chi connectivity index (χ3v) is 2.64. The van der Waals surface area contributed by atoms with Crippen molar-refractivity contribution in [2.45, 2.75) is 12.5 Å². The average Bonchev–Trinajstić information content (AvgIpc) is 2.87. The number of methoxy groups -OCH3 is 1. The molecule has 1 aromatic rings. The average molecular weight is 234 g/mol. The van der Waals surface area contributed by atoms with Crippen molar-refractivity contribution in [3.05, 3.63) is 35.4 Å². The number of oxime groups is 1. The van der Waals surface area contributed by atoms with Crippen LogP contribution in [0.25, 0.3) is 0 Å². The van der Waals surface area contributed by atoms with E-state index in [1.54, 1.807) is 12.1 Å². The van der Waals surface area contributed by atoms with Crippen LogP contribution >= 0.6 is 0 Å². The number of nitrogens with zero attached hydrogens (tertiary/aromatic N) is 1. The quantitative estimate of drug-likeness (QED) is 0.789. The Hall–Kier alpha value is -1.88. The minimum Gasteiger partial charge on any atom is -0.465 e. The zero-order valence-electron chi connectivity index (χ0n) is 9.55. The standard InChI is InChI=1S/C12H14N2O3/c1-16-12(15)9-4-2-8(3-5-9)11-6-10(7-13)17-14-11/h2-5,10H,6-7,13H2,1H3. The van der Waals surface area contributed by atoms with Crippen LogP contribution in [-0.2, 0) is 9.57 Å². The first-order chi connectivity index (χ1) is 8.24. The Kier molecular flexibility index (Phi) is 3.39. The molecule has 5 heteroatoms. The number of esters is 1. The summed E-state index contributed by atoms with van der Waals surface area (Å²) in [6, 6.07) is 7.07. The number of hydrogen-bond donors (Lipinski definition) is 1. The number of rotatable bonds is 3. The molecule has 1 aromatic carbocycles. The van der Waals surface area contributed by atoms with Gasteiger partial charge in [0.05, 0.1) is 18.4 Å². The van der Waals surface area contributed by atoms with E-state index >= 15 is 0 Å². The number of ether oxygens (including phenoxy) is 1. The first-order valence-electron chi connectivity index (χ1n) is 5.36. The van der Waals surface area contributed by atoms with Crippen LogP contribution in [0.4, 0.5) is 0 Å². The van der Waals surface area contributed by atoms with Gasteiger partial charge in [-0.1, -0.05) is 17.3 Å². The molecule has 0 bridgehead atoms. The second-order valence-electron chi connectivity index (χ2n) is 3.77. The third kappa shape index (κ3) is 2.45. The maximum absolute atomic E-state index is 11.3. The lowest BCUT2D eigenvalue weighted by Crippen LogP contribution is -2.20. The highest BCUT2D eigenvalue weighted by atomic mass is 16.6. The first kappa shape index (κ1) is 11.6. The van der Waals surface area contributed by atoms with E-state index in [1.807, 2.05) is 12.1 Å². The van der Waals surface area contributed by atoms with Gasteiger partial charge in [-0.3, -0.25) is 0 Å². The summed E-state index contributed by atoms with van der Waals surface area (Å²) in [5.41, 5.74) is 7.81. The van der Waals surface area contributed by atoms with Gasteiger partial charge in [0, 0.05) is 13.0 Å². The van der Waals surface area contributed by atoms with E-state index in [4.69, 9.17) is 10.6 Å². The van der Waals surface area contributed by atoms with Gasteiger partial charge in [-0.25, -0.2) is 4.79 Å². The second kappa shape index (κ2) is 4.97. The molecule has 0 fully saturated rings. The molecule has 0 spiro atoms. The Bertz CT molecular complexity index is 440. The van der Waals surface area contributed by atoms with Crippen molar-refractivity contribution in [3.8, 4) is 0 Å². The molecule has 2 rings (SSSR count). The Balaban J connectivity index is 2.11. The minimum absolute atomic E-state index is 0.0368. The molecule has 0 aliphatic carbocycles. The van der Waals surface area contributed by atoms with Gasteiger partial charge >= 0.3 is 5.97 Å². The maximum atomic E-state index is 11.3. The van der Waals surface area contributed by atoms with E-state index in [1.165, 1.54) is 7.11 Å². The molecule has 17 heavy (non-hydrogen) atoms. The van der Waals surface area contributed by atoms with Crippen LogP contribution in [-0.4, -0.2) is 31.4 Å². The molecule has 5 nitrogen and oxygen atoms in total. The molecule has 90 valence electrons. The van der Waals surface area contributed by atoms with Crippen molar-refractivity contribution < 1.29 is 14.4 Å². The molecule has 2 N–H and O–H groups in total. The first-order valence-corrected chi connectivity index (χ1v) is 5.36. The Labute approximate surface area is 99.2 Å². The van der Waals surface area contributed by atoms with Crippen molar-refractivity contribution in [1.29, 1.82) is 0 Å². The fourth-order valence-electron chi connectivity index (χ4n) is 1.64. The summed E-state index contributed by atoms with van der Waals surface area (Å²) in [5, 5.41) is 3.97. The van der Waals surface area contributed by atoms with Crippen LogP contribution < -0.4 is 5.73 Å². The number of benzene rings is 1. The smallest absolute Gasteiger partial charge is 0.337 e. The monoisotopic (exact) mass is 234 g/mol. The normalized spacial score (nSPS) is 18.5. The van der Waals surface area contributed by atoms with Gasteiger partial charge in [0.1, 0.15) is 6.10 Å². The molecule has 0 radical (unpaired) electrons. The molecule has 1 atom stereocenters. The zero-order valence-corrected chi connectivity index (χ0v) is 9.55. The van der Waals surface area contributed by atoms with E-state index in [2.05, 4.69) is 9.89 Å². The summed E-state index contributed by atoms with van der Waals surface area (Å²) in [6.07, 6.45) is 0.666. The predicted molar refractivity (Wildman–Crippen MR) is 62.9 cm³/mol. The maximum Gasteiger partial charge on any atom is 0.337 e. The Morgan fingerprint density at radius 2 is 2.24 bits per heavy atom. The molecule has 0 saturated carbocycles. The summed E-state index contributed by atoms with van der Waals surface area (Å²) in [6.45, 7) is 0.452. The van der Waals surface area contributed by atoms with Crippen molar-refractivity contribution in [1.82, 2.24) is 0 Å². The van der Waals surface area contributed by atoms with Crippen molar-refractivity contribution in [2.75, 3.05) is 13.7 Å². The van der Waals surface area contributed by atoms with E-state index in [-0.39, 0.29) is 12.1 Å². The molecule has 1 aliphatic rings. The lowest BCUT2D eigenvalue weighted by Gasteiger charge is -2.03.